The van der Waals surface area contributed by atoms with Crippen LogP contribution in [-0.4, -0.2) is 34.3 Å². The molecule has 0 aliphatic carbocycles. The molecular weight excluding hydrogens is 548 g/mol. The summed E-state index contributed by atoms with van der Waals surface area (Å²) >= 11 is 9.15. The van der Waals surface area contributed by atoms with Gasteiger partial charge in [-0.15, -0.1) is 0 Å². The summed E-state index contributed by atoms with van der Waals surface area (Å²) in [6, 6.07) is 15.0. The lowest BCUT2D eigenvalue weighted by atomic mass is 10.2. The maximum Gasteiger partial charge on any atom is 0.339 e. The zero-order chi connectivity index (χ0) is 24.7. The number of nitrogens with zero attached hydrogens (tertiary/aromatic N) is 1. The van der Waals surface area contributed by atoms with E-state index < -0.39 is 16.0 Å². The van der Waals surface area contributed by atoms with Crippen molar-refractivity contribution in [3.05, 3.63) is 81.3 Å². The summed E-state index contributed by atoms with van der Waals surface area (Å²) < 4.78 is 41.9. The molecule has 11 heteroatoms. The van der Waals surface area contributed by atoms with Crippen LogP contribution in [0.1, 0.15) is 22.8 Å². The normalized spacial score (nSPS) is 11.3. The number of amides is 1. The van der Waals surface area contributed by atoms with Crippen LogP contribution < -0.4 is 19.1 Å². The monoisotopic (exact) mass is 566 g/mol. The average Bonchev–Trinajstić information content (AvgIpc) is 2.81. The smallest absolute Gasteiger partial charge is 0.339 e. The maximum absolute atomic E-state index is 12.6. The highest BCUT2D eigenvalue weighted by Gasteiger charge is 2.18. The second kappa shape index (κ2) is 11.4. The average molecular weight is 568 g/mol. The van der Waals surface area contributed by atoms with E-state index in [2.05, 4.69) is 26.5 Å². The Kier molecular flexibility index (Phi) is 8.54. The predicted molar refractivity (Wildman–Crippen MR) is 133 cm³/mol. The number of halogens is 2. The van der Waals surface area contributed by atoms with Gasteiger partial charge >= 0.3 is 10.1 Å². The van der Waals surface area contributed by atoms with Gasteiger partial charge in [-0.2, -0.15) is 13.5 Å². The van der Waals surface area contributed by atoms with E-state index in [1.165, 1.54) is 49.7 Å². The predicted octanol–water partition coefficient (Wildman–Crippen LogP) is 5.04. The van der Waals surface area contributed by atoms with Crippen molar-refractivity contribution in [2.75, 3.05) is 13.7 Å². The Hall–Kier alpha value is -3.08. The molecule has 0 saturated heterocycles. The van der Waals surface area contributed by atoms with Gasteiger partial charge in [0.1, 0.15) is 4.90 Å². The molecule has 8 nitrogen and oxygen atoms in total. The van der Waals surface area contributed by atoms with Crippen molar-refractivity contribution in [1.82, 2.24) is 5.43 Å². The standard InChI is InChI=1S/C23H20BrClN2O6S/c1-3-32-21-10-4-15(13-22(21)31-2)23(28)27-26-14-16-12-17(24)5-11-20(16)33-34(29,30)19-8-6-18(25)7-9-19/h4-14H,3H2,1-2H3,(H,27,28)/b26-14+. The van der Waals surface area contributed by atoms with Crippen molar-refractivity contribution in [1.29, 1.82) is 0 Å². The molecule has 0 bridgehead atoms. The Balaban J connectivity index is 1.78. The Morgan fingerprint density at radius 1 is 1.06 bits per heavy atom. The van der Waals surface area contributed by atoms with Crippen molar-refractivity contribution in [3.8, 4) is 17.2 Å². The van der Waals surface area contributed by atoms with Crippen molar-refractivity contribution in [3.63, 3.8) is 0 Å². The summed E-state index contributed by atoms with van der Waals surface area (Å²) in [5, 5.41) is 4.34. The summed E-state index contributed by atoms with van der Waals surface area (Å²) in [5.74, 6) is 0.458. The molecule has 1 N–H and O–H groups in total. The van der Waals surface area contributed by atoms with E-state index in [1.807, 2.05) is 6.92 Å². The van der Waals surface area contributed by atoms with Gasteiger partial charge in [0.15, 0.2) is 17.2 Å². The summed E-state index contributed by atoms with van der Waals surface area (Å²) in [4.78, 5) is 12.4. The molecule has 0 aromatic heterocycles. The number of methoxy groups -OCH3 is 1. The SMILES string of the molecule is CCOc1ccc(C(=O)N/N=C/c2cc(Br)ccc2OS(=O)(=O)c2ccc(Cl)cc2)cc1OC. The first-order valence-electron chi connectivity index (χ1n) is 9.87. The second-order valence-corrected chi connectivity index (χ2v) is 9.57. The number of hydrogen-bond donors (Lipinski definition) is 1. The van der Waals surface area contributed by atoms with Crippen molar-refractivity contribution >= 4 is 49.8 Å². The van der Waals surface area contributed by atoms with E-state index in [0.29, 0.717) is 38.7 Å². The van der Waals surface area contributed by atoms with Gasteiger partial charge in [-0.25, -0.2) is 5.43 Å². The Morgan fingerprint density at radius 2 is 1.76 bits per heavy atom. The zero-order valence-electron chi connectivity index (χ0n) is 18.1. The first kappa shape index (κ1) is 25.5. The molecule has 0 radical (unpaired) electrons. The molecule has 3 rings (SSSR count). The lowest BCUT2D eigenvalue weighted by Crippen LogP contribution is -2.18. The van der Waals surface area contributed by atoms with Gasteiger partial charge in [0, 0.05) is 20.6 Å². The molecule has 178 valence electrons. The number of rotatable bonds is 9. The van der Waals surface area contributed by atoms with Crippen molar-refractivity contribution < 1.29 is 26.9 Å². The van der Waals surface area contributed by atoms with Gasteiger partial charge in [0.05, 0.1) is 19.9 Å². The number of hydrogen-bond acceptors (Lipinski definition) is 7. The minimum absolute atomic E-state index is 0.0267. The van der Waals surface area contributed by atoms with Crippen LogP contribution in [0.2, 0.25) is 5.02 Å². The topological polar surface area (TPSA) is 103 Å². The number of nitrogens with one attached hydrogen (secondary N) is 1. The third kappa shape index (κ3) is 6.49. The highest BCUT2D eigenvalue weighted by Crippen LogP contribution is 2.28. The lowest BCUT2D eigenvalue weighted by Gasteiger charge is -2.11. The number of ether oxygens (including phenoxy) is 2. The summed E-state index contributed by atoms with van der Waals surface area (Å²) in [5.41, 5.74) is 3.01. The molecule has 0 spiro atoms. The third-order valence-corrected chi connectivity index (χ3v) is 6.36. The zero-order valence-corrected chi connectivity index (χ0v) is 21.3. The number of benzene rings is 3. The number of carbonyl (C=O) groups is 1. The molecule has 3 aromatic rings. The molecule has 0 heterocycles. The van der Waals surface area contributed by atoms with Crippen LogP contribution in [0.15, 0.2) is 75.1 Å². The van der Waals surface area contributed by atoms with Crippen LogP contribution in [0, 0.1) is 0 Å². The fourth-order valence-corrected chi connectivity index (χ4v) is 4.23. The Morgan fingerprint density at radius 3 is 2.44 bits per heavy atom. The number of carbonyl (C=O) groups excluding carboxylic acids is 1. The van der Waals surface area contributed by atoms with E-state index in [1.54, 1.807) is 24.3 Å². The minimum Gasteiger partial charge on any atom is -0.493 e. The minimum atomic E-state index is -4.12. The fourth-order valence-electron chi connectivity index (χ4n) is 2.77. The second-order valence-electron chi connectivity index (χ2n) is 6.67. The largest absolute Gasteiger partial charge is 0.493 e. The molecule has 0 aliphatic rings. The summed E-state index contributed by atoms with van der Waals surface area (Å²) in [7, 11) is -2.64. The fraction of sp³-hybridized carbons (Fsp3) is 0.130. The van der Waals surface area contributed by atoms with Crippen LogP contribution in [-0.2, 0) is 10.1 Å². The van der Waals surface area contributed by atoms with Gasteiger partial charge < -0.3 is 13.7 Å². The lowest BCUT2D eigenvalue weighted by molar-refractivity contribution is 0.0954. The quantitative estimate of drug-likeness (QED) is 0.221. The Bertz CT molecular complexity index is 1310. The molecule has 0 unspecified atom stereocenters. The van der Waals surface area contributed by atoms with E-state index in [4.69, 9.17) is 25.3 Å². The highest BCUT2D eigenvalue weighted by atomic mass is 79.9. The highest BCUT2D eigenvalue weighted by molar-refractivity contribution is 9.10. The first-order chi connectivity index (χ1) is 16.2. The van der Waals surface area contributed by atoms with Gasteiger partial charge in [-0.3, -0.25) is 4.79 Å². The third-order valence-electron chi connectivity index (χ3n) is 4.37. The Labute approximate surface area is 210 Å². The molecule has 1 amide bonds. The summed E-state index contributed by atoms with van der Waals surface area (Å²) in [6.45, 7) is 2.30. The molecule has 0 fully saturated rings. The van der Waals surface area contributed by atoms with Crippen LogP contribution in [0.4, 0.5) is 0 Å². The van der Waals surface area contributed by atoms with E-state index in [-0.39, 0.29) is 10.6 Å². The summed E-state index contributed by atoms with van der Waals surface area (Å²) in [6.07, 6.45) is 1.28. The van der Waals surface area contributed by atoms with E-state index >= 15 is 0 Å². The molecular formula is C23H20BrClN2O6S. The molecule has 0 saturated carbocycles. The molecule has 3 aromatic carbocycles. The van der Waals surface area contributed by atoms with Crippen LogP contribution >= 0.6 is 27.5 Å². The number of hydrazone groups is 1. The van der Waals surface area contributed by atoms with Crippen LogP contribution in [0.3, 0.4) is 0 Å². The van der Waals surface area contributed by atoms with Gasteiger partial charge in [0.2, 0.25) is 0 Å². The van der Waals surface area contributed by atoms with E-state index in [0.717, 1.165) is 0 Å². The van der Waals surface area contributed by atoms with Crippen LogP contribution in [0.25, 0.3) is 0 Å². The maximum atomic E-state index is 12.6. The first-order valence-corrected chi connectivity index (χ1v) is 12.4. The van der Waals surface area contributed by atoms with Crippen molar-refractivity contribution in [2.24, 2.45) is 5.10 Å². The molecule has 0 atom stereocenters. The molecule has 0 aliphatic heterocycles. The van der Waals surface area contributed by atoms with Gasteiger partial charge in [-0.05, 0) is 67.6 Å². The van der Waals surface area contributed by atoms with Gasteiger partial charge in [0.25, 0.3) is 5.91 Å². The van der Waals surface area contributed by atoms with Crippen molar-refractivity contribution in [2.45, 2.75) is 11.8 Å². The van der Waals surface area contributed by atoms with E-state index in [9.17, 15) is 13.2 Å². The van der Waals surface area contributed by atoms with Gasteiger partial charge in [-0.1, -0.05) is 27.5 Å². The molecule has 34 heavy (non-hydrogen) atoms. The van der Waals surface area contributed by atoms with Crippen LogP contribution in [0.5, 0.6) is 17.2 Å².